The van der Waals surface area contributed by atoms with E-state index in [1.165, 1.54) is 11.6 Å². The predicted octanol–water partition coefficient (Wildman–Crippen LogP) is 2.91. The van der Waals surface area contributed by atoms with Gasteiger partial charge >= 0.3 is 0 Å². The molecule has 1 aliphatic heterocycles. The van der Waals surface area contributed by atoms with Crippen LogP contribution in [0.2, 0.25) is 0 Å². The van der Waals surface area contributed by atoms with E-state index in [0.717, 1.165) is 32.5 Å². The number of piperazine rings is 1. The number of hydrogen-bond donors (Lipinski definition) is 0. The fourth-order valence-corrected chi connectivity index (χ4v) is 3.49. The van der Waals surface area contributed by atoms with Crippen LogP contribution in [0.25, 0.3) is 0 Å². The minimum absolute atomic E-state index is 0.0189. The topological polar surface area (TPSA) is 66.7 Å². The van der Waals surface area contributed by atoms with E-state index in [9.17, 15) is 14.9 Å². The van der Waals surface area contributed by atoms with Gasteiger partial charge in [-0.3, -0.25) is 19.8 Å². The number of para-hydroxylation sites is 1. The molecule has 6 nitrogen and oxygen atoms in total. The van der Waals surface area contributed by atoms with E-state index in [2.05, 4.69) is 29.2 Å². The van der Waals surface area contributed by atoms with Gasteiger partial charge in [-0.05, 0) is 24.9 Å². The number of amides is 1. The molecule has 1 aliphatic rings. The monoisotopic (exact) mass is 367 g/mol. The maximum atomic E-state index is 12.5. The van der Waals surface area contributed by atoms with Crippen molar-refractivity contribution in [1.82, 2.24) is 9.80 Å². The summed E-state index contributed by atoms with van der Waals surface area (Å²) in [5, 5.41) is 11.1. The van der Waals surface area contributed by atoms with Crippen LogP contribution < -0.4 is 0 Å². The van der Waals surface area contributed by atoms with Crippen molar-refractivity contribution in [2.75, 3.05) is 32.7 Å². The summed E-state index contributed by atoms with van der Waals surface area (Å²) < 4.78 is 0. The van der Waals surface area contributed by atoms with Gasteiger partial charge in [-0.15, -0.1) is 0 Å². The smallest absolute Gasteiger partial charge is 0.273 e. The number of hydrogen-bond acceptors (Lipinski definition) is 4. The van der Waals surface area contributed by atoms with Crippen molar-refractivity contribution >= 4 is 11.6 Å². The molecule has 6 heteroatoms. The number of rotatable bonds is 7. The lowest BCUT2D eigenvalue weighted by Crippen LogP contribution is -2.49. The number of benzene rings is 2. The number of nitro benzene ring substituents is 1. The van der Waals surface area contributed by atoms with Crippen molar-refractivity contribution in [1.29, 1.82) is 0 Å². The molecule has 0 spiro atoms. The summed E-state index contributed by atoms with van der Waals surface area (Å²) in [7, 11) is 0. The summed E-state index contributed by atoms with van der Waals surface area (Å²) in [6, 6.07) is 16.9. The molecule has 27 heavy (non-hydrogen) atoms. The standard InChI is InChI=1S/C21H25N3O3/c25-21(17-19-10-4-5-11-20(19)24(26)27)23-15-13-22(14-16-23)12-6-9-18-7-2-1-3-8-18/h1-5,7-8,10-11H,6,9,12-17H2. The van der Waals surface area contributed by atoms with Crippen LogP contribution in [0.4, 0.5) is 5.69 Å². The third-order valence-electron chi connectivity index (χ3n) is 5.04. The predicted molar refractivity (Wildman–Crippen MR) is 105 cm³/mol. The molecule has 1 fully saturated rings. The van der Waals surface area contributed by atoms with E-state index in [4.69, 9.17) is 0 Å². The van der Waals surface area contributed by atoms with Crippen molar-refractivity contribution in [3.8, 4) is 0 Å². The third kappa shape index (κ3) is 5.37. The Morgan fingerprint density at radius 1 is 0.963 bits per heavy atom. The quantitative estimate of drug-likeness (QED) is 0.557. The van der Waals surface area contributed by atoms with Crippen molar-refractivity contribution in [3.05, 3.63) is 75.8 Å². The molecule has 2 aromatic rings. The van der Waals surface area contributed by atoms with Gasteiger partial charge in [0.15, 0.2) is 0 Å². The van der Waals surface area contributed by atoms with E-state index >= 15 is 0 Å². The highest BCUT2D eigenvalue weighted by molar-refractivity contribution is 5.80. The van der Waals surface area contributed by atoms with Crippen LogP contribution in [0.1, 0.15) is 17.5 Å². The number of aryl methyl sites for hydroxylation is 1. The lowest BCUT2D eigenvalue weighted by molar-refractivity contribution is -0.385. The van der Waals surface area contributed by atoms with Gasteiger partial charge in [-0.25, -0.2) is 0 Å². The van der Waals surface area contributed by atoms with E-state index in [-0.39, 0.29) is 18.0 Å². The molecule has 0 saturated carbocycles. The maximum Gasteiger partial charge on any atom is 0.273 e. The Labute approximate surface area is 159 Å². The van der Waals surface area contributed by atoms with Crippen molar-refractivity contribution in [2.24, 2.45) is 0 Å². The van der Waals surface area contributed by atoms with E-state index in [1.54, 1.807) is 18.2 Å². The van der Waals surface area contributed by atoms with Gasteiger partial charge in [-0.2, -0.15) is 0 Å². The minimum atomic E-state index is -0.423. The molecule has 0 N–H and O–H groups in total. The van der Waals surface area contributed by atoms with Gasteiger partial charge in [-0.1, -0.05) is 48.5 Å². The average molecular weight is 367 g/mol. The van der Waals surface area contributed by atoms with Gasteiger partial charge in [0.1, 0.15) is 0 Å². The molecule has 0 aliphatic carbocycles. The van der Waals surface area contributed by atoms with Crippen molar-refractivity contribution in [3.63, 3.8) is 0 Å². The highest BCUT2D eigenvalue weighted by Crippen LogP contribution is 2.19. The van der Waals surface area contributed by atoms with Gasteiger partial charge < -0.3 is 4.90 Å². The molecule has 142 valence electrons. The number of nitro groups is 1. The molecular formula is C21H25N3O3. The number of nitrogens with zero attached hydrogens (tertiary/aromatic N) is 3. The van der Waals surface area contributed by atoms with E-state index < -0.39 is 4.92 Å². The summed E-state index contributed by atoms with van der Waals surface area (Å²) in [4.78, 5) is 27.4. The highest BCUT2D eigenvalue weighted by atomic mass is 16.6. The lowest BCUT2D eigenvalue weighted by atomic mass is 10.1. The summed E-state index contributed by atoms with van der Waals surface area (Å²) in [6.45, 7) is 4.12. The molecular weight excluding hydrogens is 342 g/mol. The summed E-state index contributed by atoms with van der Waals surface area (Å²) >= 11 is 0. The second-order valence-electron chi connectivity index (χ2n) is 6.87. The second kappa shape index (κ2) is 9.28. The summed E-state index contributed by atoms with van der Waals surface area (Å²) in [5.74, 6) is -0.0340. The van der Waals surface area contributed by atoms with E-state index in [0.29, 0.717) is 18.7 Å². The summed E-state index contributed by atoms with van der Waals surface area (Å²) in [5.41, 5.74) is 1.86. The molecule has 0 atom stereocenters. The fraction of sp³-hybridized carbons (Fsp3) is 0.381. The van der Waals surface area contributed by atoms with Crippen LogP contribution in [0, 0.1) is 10.1 Å². The third-order valence-corrected chi connectivity index (χ3v) is 5.04. The van der Waals surface area contributed by atoms with Crippen LogP contribution in [0.5, 0.6) is 0 Å². The molecule has 0 aromatic heterocycles. The van der Waals surface area contributed by atoms with Gasteiger partial charge in [0.2, 0.25) is 5.91 Å². The van der Waals surface area contributed by atoms with Crippen LogP contribution >= 0.6 is 0 Å². The molecule has 0 bridgehead atoms. The minimum Gasteiger partial charge on any atom is -0.340 e. The first-order chi connectivity index (χ1) is 13.1. The number of carbonyl (C=O) groups excluding carboxylic acids is 1. The second-order valence-corrected chi connectivity index (χ2v) is 6.87. The Bertz CT molecular complexity index is 771. The molecule has 0 radical (unpaired) electrons. The first-order valence-electron chi connectivity index (χ1n) is 9.40. The Balaban J connectivity index is 1.43. The first kappa shape index (κ1) is 19.0. The molecule has 2 aromatic carbocycles. The summed E-state index contributed by atoms with van der Waals surface area (Å²) in [6.07, 6.45) is 2.26. The van der Waals surface area contributed by atoms with Gasteiger partial charge in [0.25, 0.3) is 5.69 Å². The maximum absolute atomic E-state index is 12.5. The fourth-order valence-electron chi connectivity index (χ4n) is 3.49. The van der Waals surface area contributed by atoms with Crippen molar-refractivity contribution in [2.45, 2.75) is 19.3 Å². The van der Waals surface area contributed by atoms with Gasteiger partial charge in [0, 0.05) is 37.8 Å². The van der Waals surface area contributed by atoms with Crippen LogP contribution in [0.3, 0.4) is 0 Å². The zero-order valence-electron chi connectivity index (χ0n) is 15.4. The molecule has 3 rings (SSSR count). The van der Waals surface area contributed by atoms with Gasteiger partial charge in [0.05, 0.1) is 11.3 Å². The normalized spacial score (nSPS) is 14.9. The molecule has 1 heterocycles. The van der Waals surface area contributed by atoms with Crippen molar-refractivity contribution < 1.29 is 9.72 Å². The average Bonchev–Trinajstić information content (AvgIpc) is 2.69. The Morgan fingerprint density at radius 3 is 2.33 bits per heavy atom. The van der Waals surface area contributed by atoms with Crippen LogP contribution in [0.15, 0.2) is 54.6 Å². The van der Waals surface area contributed by atoms with E-state index in [1.807, 2.05) is 11.0 Å². The van der Waals surface area contributed by atoms with Crippen LogP contribution in [-0.2, 0) is 17.6 Å². The Morgan fingerprint density at radius 2 is 1.63 bits per heavy atom. The zero-order chi connectivity index (χ0) is 19.1. The molecule has 1 amide bonds. The highest BCUT2D eigenvalue weighted by Gasteiger charge is 2.23. The SMILES string of the molecule is O=C(Cc1ccccc1[N+](=O)[O-])N1CCN(CCCc2ccccc2)CC1. The molecule has 1 saturated heterocycles. The Hall–Kier alpha value is -2.73. The largest absolute Gasteiger partial charge is 0.340 e. The Kier molecular flexibility index (Phi) is 6.54. The number of carbonyl (C=O) groups is 1. The van der Waals surface area contributed by atoms with Crippen LogP contribution in [-0.4, -0.2) is 53.4 Å². The molecule has 0 unspecified atom stereocenters. The first-order valence-corrected chi connectivity index (χ1v) is 9.40. The zero-order valence-corrected chi connectivity index (χ0v) is 15.4. The lowest BCUT2D eigenvalue weighted by Gasteiger charge is -2.34.